The van der Waals surface area contributed by atoms with Gasteiger partial charge in [0.15, 0.2) is 0 Å². The quantitative estimate of drug-likeness (QED) is 0.829. The van der Waals surface area contributed by atoms with E-state index in [-0.39, 0.29) is 6.04 Å². The number of rotatable bonds is 7. The van der Waals surface area contributed by atoms with Gasteiger partial charge in [0, 0.05) is 31.8 Å². The molecule has 21 heavy (non-hydrogen) atoms. The zero-order valence-corrected chi connectivity index (χ0v) is 13.2. The van der Waals surface area contributed by atoms with E-state index in [0.717, 1.165) is 43.2 Å². The molecule has 5 nitrogen and oxygen atoms in total. The summed E-state index contributed by atoms with van der Waals surface area (Å²) in [6.07, 6.45) is 1.16. The Bertz CT molecular complexity index is 453. The minimum Gasteiger partial charge on any atom is -0.497 e. The lowest BCUT2D eigenvalue weighted by Gasteiger charge is -2.28. The van der Waals surface area contributed by atoms with Crippen molar-refractivity contribution in [2.45, 2.75) is 12.5 Å². The Morgan fingerprint density at radius 3 is 2.71 bits per heavy atom. The molecule has 2 unspecified atom stereocenters. The van der Waals surface area contributed by atoms with E-state index in [1.165, 1.54) is 0 Å². The lowest BCUT2D eigenvalue weighted by molar-refractivity contribution is 0.147. The Hall–Kier alpha value is -1.30. The molecular formula is C16H26N2O3. The summed E-state index contributed by atoms with van der Waals surface area (Å²) in [5, 5.41) is 0. The summed E-state index contributed by atoms with van der Waals surface area (Å²) in [5.41, 5.74) is 7.16. The summed E-state index contributed by atoms with van der Waals surface area (Å²) >= 11 is 0. The average molecular weight is 294 g/mol. The van der Waals surface area contributed by atoms with Crippen molar-refractivity contribution in [3.8, 4) is 11.5 Å². The molecule has 2 rings (SSSR count). The fraction of sp³-hybridized carbons (Fsp3) is 0.625. The topological polar surface area (TPSA) is 57.0 Å². The normalized spacial score (nSPS) is 20.5. The summed E-state index contributed by atoms with van der Waals surface area (Å²) in [6, 6.07) is 6.11. The second kappa shape index (κ2) is 7.64. The molecule has 0 bridgehead atoms. The SMILES string of the molecule is COCC1CCN(C(CN)c2ccc(OC)cc2OC)C1. The third-order valence-electron chi connectivity index (χ3n) is 4.18. The van der Waals surface area contributed by atoms with E-state index < -0.39 is 0 Å². The summed E-state index contributed by atoms with van der Waals surface area (Å²) in [5.74, 6) is 2.22. The van der Waals surface area contributed by atoms with Gasteiger partial charge in [0.25, 0.3) is 0 Å². The van der Waals surface area contributed by atoms with Crippen LogP contribution in [0.4, 0.5) is 0 Å². The van der Waals surface area contributed by atoms with Gasteiger partial charge in [0.2, 0.25) is 0 Å². The number of hydrogen-bond donors (Lipinski definition) is 1. The van der Waals surface area contributed by atoms with E-state index >= 15 is 0 Å². The molecule has 1 aliphatic heterocycles. The van der Waals surface area contributed by atoms with Crippen LogP contribution in [0.5, 0.6) is 11.5 Å². The first-order valence-electron chi connectivity index (χ1n) is 7.38. The van der Waals surface area contributed by atoms with Crippen LogP contribution in [0.2, 0.25) is 0 Å². The average Bonchev–Trinajstić information content (AvgIpc) is 2.97. The Balaban J connectivity index is 2.17. The fourth-order valence-electron chi connectivity index (χ4n) is 3.08. The highest BCUT2D eigenvalue weighted by atomic mass is 16.5. The highest BCUT2D eigenvalue weighted by molar-refractivity contribution is 5.42. The van der Waals surface area contributed by atoms with Crippen LogP contribution in [-0.4, -0.2) is 52.5 Å². The maximum Gasteiger partial charge on any atom is 0.127 e. The molecule has 1 aromatic rings. The Kier molecular flexibility index (Phi) is 5.85. The minimum absolute atomic E-state index is 0.174. The molecule has 0 amide bonds. The van der Waals surface area contributed by atoms with Gasteiger partial charge in [0.05, 0.1) is 26.9 Å². The van der Waals surface area contributed by atoms with Gasteiger partial charge in [-0.1, -0.05) is 6.07 Å². The summed E-state index contributed by atoms with van der Waals surface area (Å²) in [4.78, 5) is 2.42. The van der Waals surface area contributed by atoms with Crippen LogP contribution in [-0.2, 0) is 4.74 Å². The zero-order chi connectivity index (χ0) is 15.2. The maximum absolute atomic E-state index is 6.04. The largest absolute Gasteiger partial charge is 0.497 e. The molecule has 0 spiro atoms. The number of nitrogens with zero attached hydrogens (tertiary/aromatic N) is 1. The van der Waals surface area contributed by atoms with E-state index in [2.05, 4.69) is 11.0 Å². The zero-order valence-electron chi connectivity index (χ0n) is 13.2. The molecule has 2 N–H and O–H groups in total. The van der Waals surface area contributed by atoms with Crippen molar-refractivity contribution in [2.24, 2.45) is 11.7 Å². The van der Waals surface area contributed by atoms with Crippen LogP contribution in [0.3, 0.4) is 0 Å². The monoisotopic (exact) mass is 294 g/mol. The fourth-order valence-corrected chi connectivity index (χ4v) is 3.08. The molecule has 0 aliphatic carbocycles. The van der Waals surface area contributed by atoms with Crippen LogP contribution >= 0.6 is 0 Å². The minimum atomic E-state index is 0.174. The Labute approximate surface area is 127 Å². The van der Waals surface area contributed by atoms with Gasteiger partial charge >= 0.3 is 0 Å². The molecule has 1 aliphatic rings. The van der Waals surface area contributed by atoms with Crippen molar-refractivity contribution in [1.29, 1.82) is 0 Å². The second-order valence-electron chi connectivity index (χ2n) is 5.46. The molecular weight excluding hydrogens is 268 g/mol. The number of hydrogen-bond acceptors (Lipinski definition) is 5. The Morgan fingerprint density at radius 2 is 2.10 bits per heavy atom. The van der Waals surface area contributed by atoms with Crippen molar-refractivity contribution >= 4 is 0 Å². The van der Waals surface area contributed by atoms with E-state index in [0.29, 0.717) is 12.5 Å². The lowest BCUT2D eigenvalue weighted by Crippen LogP contribution is -2.32. The molecule has 0 aromatic heterocycles. The number of ether oxygens (including phenoxy) is 3. The smallest absolute Gasteiger partial charge is 0.127 e. The number of benzene rings is 1. The second-order valence-corrected chi connectivity index (χ2v) is 5.46. The summed E-state index contributed by atoms with van der Waals surface area (Å²) in [6.45, 7) is 3.45. The summed E-state index contributed by atoms with van der Waals surface area (Å²) in [7, 11) is 5.10. The van der Waals surface area contributed by atoms with E-state index in [1.54, 1.807) is 21.3 Å². The predicted octanol–water partition coefficient (Wildman–Crippen LogP) is 1.67. The van der Waals surface area contributed by atoms with E-state index in [1.807, 2.05) is 12.1 Å². The Morgan fingerprint density at radius 1 is 1.29 bits per heavy atom. The lowest BCUT2D eigenvalue weighted by atomic mass is 10.0. The van der Waals surface area contributed by atoms with Crippen molar-refractivity contribution in [1.82, 2.24) is 4.90 Å². The van der Waals surface area contributed by atoms with Crippen LogP contribution < -0.4 is 15.2 Å². The number of likely N-dealkylation sites (tertiary alicyclic amines) is 1. The molecule has 0 saturated carbocycles. The number of nitrogens with two attached hydrogens (primary N) is 1. The van der Waals surface area contributed by atoms with Crippen LogP contribution in [0.1, 0.15) is 18.0 Å². The van der Waals surface area contributed by atoms with Crippen molar-refractivity contribution in [2.75, 3.05) is 47.6 Å². The third kappa shape index (κ3) is 3.67. The molecule has 1 saturated heterocycles. The van der Waals surface area contributed by atoms with Gasteiger partial charge in [0.1, 0.15) is 11.5 Å². The van der Waals surface area contributed by atoms with E-state index in [4.69, 9.17) is 19.9 Å². The van der Waals surface area contributed by atoms with Gasteiger partial charge in [-0.15, -0.1) is 0 Å². The molecule has 2 atom stereocenters. The third-order valence-corrected chi connectivity index (χ3v) is 4.18. The van der Waals surface area contributed by atoms with Crippen molar-refractivity contribution in [3.63, 3.8) is 0 Å². The van der Waals surface area contributed by atoms with Gasteiger partial charge in [-0.2, -0.15) is 0 Å². The molecule has 1 fully saturated rings. The van der Waals surface area contributed by atoms with Crippen LogP contribution in [0.15, 0.2) is 18.2 Å². The van der Waals surface area contributed by atoms with Crippen molar-refractivity contribution < 1.29 is 14.2 Å². The molecule has 1 heterocycles. The van der Waals surface area contributed by atoms with Crippen molar-refractivity contribution in [3.05, 3.63) is 23.8 Å². The number of methoxy groups -OCH3 is 3. The van der Waals surface area contributed by atoms with Gasteiger partial charge < -0.3 is 19.9 Å². The first-order chi connectivity index (χ1) is 10.2. The standard InChI is InChI=1S/C16H26N2O3/c1-19-11-12-6-7-18(10-12)15(9-17)14-5-4-13(20-2)8-16(14)21-3/h4-5,8,12,15H,6-7,9-11,17H2,1-3H3. The summed E-state index contributed by atoms with van der Waals surface area (Å²) < 4.78 is 16.0. The first-order valence-corrected chi connectivity index (χ1v) is 7.38. The first kappa shape index (κ1) is 16.1. The highest BCUT2D eigenvalue weighted by Gasteiger charge is 2.30. The van der Waals surface area contributed by atoms with Crippen LogP contribution in [0, 0.1) is 5.92 Å². The van der Waals surface area contributed by atoms with Gasteiger partial charge in [-0.25, -0.2) is 0 Å². The van der Waals surface area contributed by atoms with Gasteiger partial charge in [-0.05, 0) is 24.9 Å². The maximum atomic E-state index is 6.04. The predicted molar refractivity (Wildman–Crippen MR) is 82.9 cm³/mol. The highest BCUT2D eigenvalue weighted by Crippen LogP contribution is 2.34. The molecule has 118 valence electrons. The molecule has 1 aromatic carbocycles. The molecule has 5 heteroatoms. The van der Waals surface area contributed by atoms with E-state index in [9.17, 15) is 0 Å². The molecule has 0 radical (unpaired) electrons. The van der Waals surface area contributed by atoms with Gasteiger partial charge in [-0.3, -0.25) is 4.90 Å². The van der Waals surface area contributed by atoms with Crippen LogP contribution in [0.25, 0.3) is 0 Å².